The highest BCUT2D eigenvalue weighted by Crippen LogP contribution is 2.30. The number of hydrogen-bond donors (Lipinski definition) is 0. The molecule has 0 aliphatic carbocycles. The second-order valence-electron chi connectivity index (χ2n) is 13.7. The van der Waals surface area contributed by atoms with Crippen LogP contribution in [0.3, 0.4) is 0 Å². The van der Waals surface area contributed by atoms with Crippen molar-refractivity contribution in [3.63, 3.8) is 0 Å². The van der Waals surface area contributed by atoms with Crippen molar-refractivity contribution in [2.24, 2.45) is 0 Å². The van der Waals surface area contributed by atoms with Gasteiger partial charge >= 0.3 is 0 Å². The van der Waals surface area contributed by atoms with Crippen LogP contribution < -0.4 is 0 Å². The van der Waals surface area contributed by atoms with Crippen LogP contribution in [0.4, 0.5) is 0 Å². The maximum Gasteiger partial charge on any atom is 0.261 e. The minimum atomic E-state index is -0.186. The van der Waals surface area contributed by atoms with Gasteiger partial charge in [0.25, 0.3) is 23.6 Å². The molecule has 0 N–H and O–H groups in total. The van der Waals surface area contributed by atoms with Crippen LogP contribution in [0, 0.1) is 0 Å². The molecule has 0 saturated carbocycles. The molecule has 2 heterocycles. The van der Waals surface area contributed by atoms with E-state index in [0.29, 0.717) is 35.3 Å². The molecule has 4 amide bonds. The second kappa shape index (κ2) is 13.0. The number of amides is 4. The lowest BCUT2D eigenvalue weighted by Gasteiger charge is -2.32. The van der Waals surface area contributed by atoms with Gasteiger partial charge in [-0.2, -0.15) is 0 Å². The Morgan fingerprint density at radius 2 is 0.818 bits per heavy atom. The molecule has 0 radical (unpaired) electrons. The highest BCUT2D eigenvalue weighted by molar-refractivity contribution is 6.25. The zero-order chi connectivity index (χ0) is 31.5. The van der Waals surface area contributed by atoms with E-state index in [1.807, 2.05) is 36.4 Å². The second-order valence-corrected chi connectivity index (χ2v) is 13.7. The van der Waals surface area contributed by atoms with Crippen molar-refractivity contribution in [3.8, 4) is 0 Å². The Hall–Kier alpha value is -3.88. The molecule has 232 valence electrons. The molecule has 0 saturated heterocycles. The standard InChI is InChI=1S/C36H46N4O4/c1-39(2,25-13-21-37-33(41)28-17-7-8-18-29(28)34(37)42)23-9-5-6-10-24-40(3,4)26-14-22-38-35(43)30-19-11-15-27-16-12-20-31(32(27)30)36(38)44/h7-8,11-12,15-20H,5-6,9-10,13-14,21-26H2,1-4H3/q+2. The predicted molar refractivity (Wildman–Crippen MR) is 173 cm³/mol. The van der Waals surface area contributed by atoms with E-state index in [0.717, 1.165) is 71.6 Å². The van der Waals surface area contributed by atoms with Crippen molar-refractivity contribution in [3.05, 3.63) is 82.9 Å². The molecule has 0 atom stereocenters. The fraction of sp³-hybridized carbons (Fsp3) is 0.444. The maximum atomic E-state index is 13.2. The zero-order valence-electron chi connectivity index (χ0n) is 26.7. The van der Waals surface area contributed by atoms with Crippen molar-refractivity contribution in [2.75, 3.05) is 67.5 Å². The molecule has 3 aromatic rings. The summed E-state index contributed by atoms with van der Waals surface area (Å²) in [6.07, 6.45) is 6.18. The highest BCUT2D eigenvalue weighted by Gasteiger charge is 2.35. The number of carbonyl (C=O) groups is 4. The van der Waals surface area contributed by atoms with E-state index in [4.69, 9.17) is 0 Å². The Morgan fingerprint density at radius 1 is 0.455 bits per heavy atom. The van der Waals surface area contributed by atoms with Crippen LogP contribution in [0.25, 0.3) is 10.8 Å². The summed E-state index contributed by atoms with van der Waals surface area (Å²) in [4.78, 5) is 54.4. The average Bonchev–Trinajstić information content (AvgIpc) is 3.24. The third-order valence-electron chi connectivity index (χ3n) is 9.30. The predicted octanol–water partition coefficient (Wildman–Crippen LogP) is 5.23. The van der Waals surface area contributed by atoms with E-state index in [2.05, 4.69) is 28.2 Å². The fourth-order valence-corrected chi connectivity index (χ4v) is 6.70. The first kappa shape index (κ1) is 31.5. The Bertz CT molecular complexity index is 1490. The monoisotopic (exact) mass is 598 g/mol. The largest absolute Gasteiger partial charge is 0.328 e. The molecular formula is C36H46N4O4+2. The van der Waals surface area contributed by atoms with Gasteiger partial charge in [-0.3, -0.25) is 29.0 Å². The van der Waals surface area contributed by atoms with Crippen LogP contribution in [0.1, 0.15) is 80.0 Å². The van der Waals surface area contributed by atoms with Gasteiger partial charge in [0.1, 0.15) is 0 Å². The maximum absolute atomic E-state index is 13.2. The Labute approximate surface area is 261 Å². The fourth-order valence-electron chi connectivity index (χ4n) is 6.70. The van der Waals surface area contributed by atoms with Gasteiger partial charge in [-0.1, -0.05) is 36.4 Å². The molecule has 3 aromatic carbocycles. The van der Waals surface area contributed by atoms with Gasteiger partial charge < -0.3 is 8.97 Å². The van der Waals surface area contributed by atoms with Gasteiger partial charge in [0.2, 0.25) is 0 Å². The van der Waals surface area contributed by atoms with E-state index in [1.165, 1.54) is 22.6 Å². The Balaban J connectivity index is 0.972. The van der Waals surface area contributed by atoms with E-state index in [9.17, 15) is 19.2 Å². The molecule has 0 fully saturated rings. The number of unbranched alkanes of at least 4 members (excludes halogenated alkanes) is 3. The first-order chi connectivity index (χ1) is 21.0. The van der Waals surface area contributed by atoms with Crippen molar-refractivity contribution in [1.82, 2.24) is 9.80 Å². The number of carbonyl (C=O) groups excluding carboxylic acids is 4. The lowest BCUT2D eigenvalue weighted by molar-refractivity contribution is -0.891. The van der Waals surface area contributed by atoms with Crippen LogP contribution in [-0.2, 0) is 0 Å². The molecular weight excluding hydrogens is 552 g/mol. The molecule has 2 aliphatic heterocycles. The van der Waals surface area contributed by atoms with E-state index in [-0.39, 0.29) is 23.6 Å². The number of fused-ring (bicyclic) bond motifs is 1. The van der Waals surface area contributed by atoms with Crippen molar-refractivity contribution >= 4 is 34.4 Å². The van der Waals surface area contributed by atoms with Gasteiger partial charge in [-0.05, 0) is 55.3 Å². The first-order valence-electron chi connectivity index (χ1n) is 16.0. The Kier molecular flexibility index (Phi) is 9.32. The van der Waals surface area contributed by atoms with Crippen LogP contribution >= 0.6 is 0 Å². The van der Waals surface area contributed by atoms with Crippen molar-refractivity contribution < 1.29 is 28.1 Å². The van der Waals surface area contributed by atoms with Gasteiger partial charge in [-0.15, -0.1) is 0 Å². The van der Waals surface area contributed by atoms with Crippen LogP contribution in [0.5, 0.6) is 0 Å². The molecule has 8 nitrogen and oxygen atoms in total. The SMILES string of the molecule is C[N+](C)(CCCCCC[N+](C)(C)CCCN1C(=O)c2cccc3cccc(c23)C1=O)CCCN1C(=O)c2ccccc2C1=O. The molecule has 5 rings (SSSR count). The Morgan fingerprint density at radius 3 is 1.25 bits per heavy atom. The smallest absolute Gasteiger partial charge is 0.261 e. The third-order valence-corrected chi connectivity index (χ3v) is 9.30. The summed E-state index contributed by atoms with van der Waals surface area (Å²) in [6.45, 7) is 4.84. The van der Waals surface area contributed by atoms with Crippen molar-refractivity contribution in [1.29, 1.82) is 0 Å². The molecule has 0 spiro atoms. The van der Waals surface area contributed by atoms with Crippen LogP contribution in [0.2, 0.25) is 0 Å². The van der Waals surface area contributed by atoms with Gasteiger partial charge in [0.05, 0.1) is 65.5 Å². The molecule has 0 aromatic heterocycles. The van der Waals surface area contributed by atoms with Crippen LogP contribution in [-0.4, -0.2) is 110 Å². The third kappa shape index (κ3) is 6.76. The van der Waals surface area contributed by atoms with Gasteiger partial charge in [0, 0.05) is 42.4 Å². The number of imide groups is 2. The minimum absolute atomic E-state index is 0.172. The summed E-state index contributed by atoms with van der Waals surface area (Å²) in [5.41, 5.74) is 2.28. The number of hydrogen-bond acceptors (Lipinski definition) is 4. The number of quaternary nitrogens is 2. The summed E-state index contributed by atoms with van der Waals surface area (Å²) in [7, 11) is 8.90. The molecule has 0 bridgehead atoms. The zero-order valence-corrected chi connectivity index (χ0v) is 26.7. The minimum Gasteiger partial charge on any atom is -0.328 e. The summed E-state index contributed by atoms with van der Waals surface area (Å²) in [5, 5.41) is 1.71. The topological polar surface area (TPSA) is 74.8 Å². The molecule has 8 heteroatoms. The number of nitrogens with zero attached hydrogens (tertiary/aromatic N) is 4. The summed E-state index contributed by atoms with van der Waals surface area (Å²) < 4.78 is 1.74. The van der Waals surface area contributed by atoms with Gasteiger partial charge in [-0.25, -0.2) is 0 Å². The molecule has 0 unspecified atom stereocenters. The summed E-state index contributed by atoms with van der Waals surface area (Å²) in [6, 6.07) is 18.4. The summed E-state index contributed by atoms with van der Waals surface area (Å²) in [5.74, 6) is -0.715. The summed E-state index contributed by atoms with van der Waals surface area (Å²) >= 11 is 0. The van der Waals surface area contributed by atoms with Crippen LogP contribution in [0.15, 0.2) is 60.7 Å². The van der Waals surface area contributed by atoms with E-state index >= 15 is 0 Å². The highest BCUT2D eigenvalue weighted by atomic mass is 16.2. The molecule has 2 aliphatic rings. The molecule has 44 heavy (non-hydrogen) atoms. The number of benzene rings is 3. The van der Waals surface area contributed by atoms with E-state index < -0.39 is 0 Å². The van der Waals surface area contributed by atoms with Gasteiger partial charge in [0.15, 0.2) is 0 Å². The quantitative estimate of drug-likeness (QED) is 0.137. The van der Waals surface area contributed by atoms with E-state index in [1.54, 1.807) is 24.3 Å². The number of rotatable bonds is 15. The normalized spacial score (nSPS) is 15.1. The van der Waals surface area contributed by atoms with Crippen molar-refractivity contribution in [2.45, 2.75) is 38.5 Å². The lowest BCUT2D eigenvalue weighted by atomic mass is 9.94. The lowest BCUT2D eigenvalue weighted by Crippen LogP contribution is -2.45. The average molecular weight is 599 g/mol. The first-order valence-corrected chi connectivity index (χ1v) is 16.0.